The molecule has 1 aliphatic heterocycles. The van der Waals surface area contributed by atoms with E-state index in [1.165, 1.54) is 5.56 Å². The Bertz CT molecular complexity index is 621. The van der Waals surface area contributed by atoms with Crippen LogP contribution >= 0.6 is 0 Å². The molecule has 1 aromatic carbocycles. The van der Waals surface area contributed by atoms with Crippen LogP contribution in [-0.2, 0) is 13.1 Å². The van der Waals surface area contributed by atoms with E-state index in [-0.39, 0.29) is 12.5 Å². The van der Waals surface area contributed by atoms with Gasteiger partial charge in [-0.2, -0.15) is 0 Å². The van der Waals surface area contributed by atoms with Crippen LogP contribution in [0.4, 0.5) is 5.95 Å². The molecule has 0 bridgehead atoms. The van der Waals surface area contributed by atoms with E-state index in [1.807, 2.05) is 30.6 Å². The monoisotopic (exact) mass is 328 g/mol. The first-order chi connectivity index (χ1) is 11.7. The summed E-state index contributed by atoms with van der Waals surface area (Å²) in [5, 5.41) is 22.4. The largest absolute Gasteiger partial charge is 0.396 e. The summed E-state index contributed by atoms with van der Waals surface area (Å²) in [5.74, 6) is 0.615. The molecule has 3 rings (SSSR count). The zero-order chi connectivity index (χ0) is 16.8. The second kappa shape index (κ2) is 8.19. The van der Waals surface area contributed by atoms with Crippen molar-refractivity contribution < 1.29 is 10.2 Å². The number of nitrogens with zero attached hydrogens (tertiary/aromatic N) is 3. The van der Waals surface area contributed by atoms with Crippen LogP contribution in [0, 0.1) is 5.92 Å². The number of benzene rings is 1. The lowest BCUT2D eigenvalue weighted by molar-refractivity contribution is -0.00449. The number of aromatic nitrogens is 2. The Morgan fingerprint density at radius 1 is 1.12 bits per heavy atom. The van der Waals surface area contributed by atoms with Gasteiger partial charge in [0, 0.05) is 50.1 Å². The molecule has 2 atom stereocenters. The molecule has 2 aromatic rings. The Labute approximate surface area is 142 Å². The van der Waals surface area contributed by atoms with Crippen LogP contribution < -0.4 is 5.32 Å². The van der Waals surface area contributed by atoms with Crippen molar-refractivity contribution >= 4 is 5.95 Å². The molecule has 1 aliphatic rings. The third-order valence-corrected chi connectivity index (χ3v) is 4.44. The Balaban J connectivity index is 1.50. The fraction of sp³-hybridized carbons (Fsp3) is 0.444. The maximum atomic E-state index is 10.00. The lowest BCUT2D eigenvalue weighted by atomic mass is 9.94. The third kappa shape index (κ3) is 4.50. The minimum absolute atomic E-state index is 0.00191. The van der Waals surface area contributed by atoms with E-state index in [1.54, 1.807) is 0 Å². The van der Waals surface area contributed by atoms with Gasteiger partial charge in [-0.25, -0.2) is 9.97 Å². The highest BCUT2D eigenvalue weighted by Crippen LogP contribution is 2.19. The van der Waals surface area contributed by atoms with Crippen molar-refractivity contribution in [1.82, 2.24) is 14.9 Å². The van der Waals surface area contributed by atoms with E-state index in [4.69, 9.17) is 0 Å². The number of anilines is 1. The topological polar surface area (TPSA) is 81.5 Å². The van der Waals surface area contributed by atoms with E-state index in [0.717, 1.165) is 18.5 Å². The van der Waals surface area contributed by atoms with Crippen molar-refractivity contribution in [2.45, 2.75) is 25.6 Å². The molecule has 2 heterocycles. The fourth-order valence-corrected chi connectivity index (χ4v) is 2.97. The molecular weight excluding hydrogens is 304 g/mol. The predicted molar refractivity (Wildman–Crippen MR) is 92.3 cm³/mol. The molecule has 6 nitrogen and oxygen atoms in total. The number of hydrogen-bond acceptors (Lipinski definition) is 6. The molecule has 1 fully saturated rings. The van der Waals surface area contributed by atoms with Crippen molar-refractivity contribution in [2.24, 2.45) is 5.92 Å². The molecule has 0 radical (unpaired) electrons. The minimum Gasteiger partial charge on any atom is -0.396 e. The van der Waals surface area contributed by atoms with Crippen LogP contribution in [0.1, 0.15) is 17.5 Å². The molecular formula is C18H24N4O2. The van der Waals surface area contributed by atoms with Crippen LogP contribution in [0.15, 0.2) is 42.7 Å². The summed E-state index contributed by atoms with van der Waals surface area (Å²) in [6.45, 7) is 2.92. The Morgan fingerprint density at radius 3 is 2.54 bits per heavy atom. The van der Waals surface area contributed by atoms with Crippen LogP contribution in [0.2, 0.25) is 0 Å². The molecule has 1 aromatic heterocycles. The van der Waals surface area contributed by atoms with Crippen LogP contribution in [0.25, 0.3) is 0 Å². The lowest BCUT2D eigenvalue weighted by Gasteiger charge is -2.34. The van der Waals surface area contributed by atoms with Crippen molar-refractivity contribution in [3.63, 3.8) is 0 Å². The molecule has 128 valence electrons. The number of piperidine rings is 1. The molecule has 0 unspecified atom stereocenters. The van der Waals surface area contributed by atoms with Gasteiger partial charge in [0.1, 0.15) is 0 Å². The van der Waals surface area contributed by atoms with Gasteiger partial charge in [0.2, 0.25) is 5.95 Å². The van der Waals surface area contributed by atoms with Gasteiger partial charge in [0.05, 0.1) is 6.10 Å². The van der Waals surface area contributed by atoms with Gasteiger partial charge in [0.15, 0.2) is 0 Å². The normalized spacial score (nSPS) is 21.6. The summed E-state index contributed by atoms with van der Waals surface area (Å²) >= 11 is 0. The standard InChI is InChI=1S/C18H24N4O2/c23-13-16-6-7-22(12-17(16)24)11-15-9-20-18(21-10-15)19-8-14-4-2-1-3-5-14/h1-5,9-10,16-17,23-24H,6-8,11-13H2,(H,19,20,21)/t16-,17+/m1/s1. The van der Waals surface area contributed by atoms with E-state index < -0.39 is 6.10 Å². The van der Waals surface area contributed by atoms with E-state index in [0.29, 0.717) is 25.6 Å². The molecule has 24 heavy (non-hydrogen) atoms. The highest BCUT2D eigenvalue weighted by Gasteiger charge is 2.26. The lowest BCUT2D eigenvalue weighted by Crippen LogP contribution is -2.44. The summed E-state index contributed by atoms with van der Waals surface area (Å²) in [7, 11) is 0. The highest BCUT2D eigenvalue weighted by molar-refractivity contribution is 5.27. The van der Waals surface area contributed by atoms with Gasteiger partial charge in [0.25, 0.3) is 0 Å². The number of likely N-dealkylation sites (tertiary alicyclic amines) is 1. The van der Waals surface area contributed by atoms with Gasteiger partial charge in [-0.05, 0) is 18.5 Å². The maximum absolute atomic E-state index is 10.00. The smallest absolute Gasteiger partial charge is 0.222 e. The van der Waals surface area contributed by atoms with Crippen molar-refractivity contribution in [1.29, 1.82) is 0 Å². The average molecular weight is 328 g/mol. The SMILES string of the molecule is OC[C@H]1CCN(Cc2cnc(NCc3ccccc3)nc2)C[C@@H]1O. The molecule has 6 heteroatoms. The molecule has 1 saturated heterocycles. The number of nitrogens with one attached hydrogen (secondary N) is 1. The zero-order valence-corrected chi connectivity index (χ0v) is 13.7. The van der Waals surface area contributed by atoms with E-state index in [2.05, 4.69) is 32.3 Å². The van der Waals surface area contributed by atoms with Gasteiger partial charge < -0.3 is 15.5 Å². The number of hydrogen-bond donors (Lipinski definition) is 3. The van der Waals surface area contributed by atoms with Crippen LogP contribution in [0.5, 0.6) is 0 Å². The molecule has 0 aliphatic carbocycles. The first kappa shape index (κ1) is 16.8. The zero-order valence-electron chi connectivity index (χ0n) is 13.7. The minimum atomic E-state index is -0.462. The van der Waals surface area contributed by atoms with Gasteiger partial charge in [-0.1, -0.05) is 30.3 Å². The first-order valence-electron chi connectivity index (χ1n) is 8.34. The second-order valence-corrected chi connectivity index (χ2v) is 6.29. The Hall–Kier alpha value is -2.02. The van der Waals surface area contributed by atoms with Gasteiger partial charge in [-0.15, -0.1) is 0 Å². The summed E-state index contributed by atoms with van der Waals surface area (Å²) in [6.07, 6.45) is 4.00. The number of aliphatic hydroxyl groups is 2. The number of aliphatic hydroxyl groups excluding tert-OH is 2. The van der Waals surface area contributed by atoms with Crippen molar-refractivity contribution in [3.8, 4) is 0 Å². The average Bonchev–Trinajstić information content (AvgIpc) is 2.62. The maximum Gasteiger partial charge on any atom is 0.222 e. The van der Waals surface area contributed by atoms with Crippen molar-refractivity contribution in [2.75, 3.05) is 25.0 Å². The summed E-state index contributed by atoms with van der Waals surface area (Å²) in [6, 6.07) is 10.1. The highest BCUT2D eigenvalue weighted by atomic mass is 16.3. The fourth-order valence-electron chi connectivity index (χ4n) is 2.97. The van der Waals surface area contributed by atoms with Gasteiger partial charge >= 0.3 is 0 Å². The molecule has 0 spiro atoms. The summed E-state index contributed by atoms with van der Waals surface area (Å²) < 4.78 is 0. The van der Waals surface area contributed by atoms with Gasteiger partial charge in [-0.3, -0.25) is 4.90 Å². The first-order valence-corrected chi connectivity index (χ1v) is 8.34. The van der Waals surface area contributed by atoms with Crippen LogP contribution in [0.3, 0.4) is 0 Å². The summed E-state index contributed by atoms with van der Waals surface area (Å²) in [4.78, 5) is 10.9. The summed E-state index contributed by atoms with van der Waals surface area (Å²) in [5.41, 5.74) is 2.21. The van der Waals surface area contributed by atoms with E-state index in [9.17, 15) is 10.2 Å². The number of rotatable bonds is 6. The Kier molecular flexibility index (Phi) is 5.74. The predicted octanol–water partition coefficient (Wildman–Crippen LogP) is 1.26. The second-order valence-electron chi connectivity index (χ2n) is 6.29. The quantitative estimate of drug-likeness (QED) is 0.741. The molecule has 3 N–H and O–H groups in total. The third-order valence-electron chi connectivity index (χ3n) is 4.44. The number of β-amino-alcohol motifs (C(OH)–C–C–N with tert-alkyl or cyclic N) is 1. The molecule has 0 saturated carbocycles. The van der Waals surface area contributed by atoms with E-state index >= 15 is 0 Å². The van der Waals surface area contributed by atoms with Crippen LogP contribution in [-0.4, -0.2) is 50.9 Å². The molecule has 0 amide bonds. The Morgan fingerprint density at radius 2 is 1.88 bits per heavy atom. The van der Waals surface area contributed by atoms with Crippen molar-refractivity contribution in [3.05, 3.63) is 53.9 Å².